The molecule has 2 unspecified atom stereocenters. The number of carboxylic acids is 1. The van der Waals surface area contributed by atoms with Crippen molar-refractivity contribution in [1.82, 2.24) is 9.97 Å². The Morgan fingerprint density at radius 2 is 1.79 bits per heavy atom. The largest absolute Gasteiger partial charge is 0.481 e. The number of fused-ring (bicyclic) bond motifs is 4. The van der Waals surface area contributed by atoms with Crippen molar-refractivity contribution in [1.29, 1.82) is 5.26 Å². The van der Waals surface area contributed by atoms with Gasteiger partial charge >= 0.3 is 5.97 Å². The summed E-state index contributed by atoms with van der Waals surface area (Å²) in [7, 11) is 0. The van der Waals surface area contributed by atoms with Gasteiger partial charge in [0.25, 0.3) is 0 Å². The molecule has 0 saturated heterocycles. The van der Waals surface area contributed by atoms with Crippen LogP contribution in [0.3, 0.4) is 0 Å². The predicted octanol–water partition coefficient (Wildman–Crippen LogP) is 6.80. The first-order chi connectivity index (χ1) is 18.8. The minimum absolute atomic E-state index is 0.0101. The van der Waals surface area contributed by atoms with Gasteiger partial charge in [0, 0.05) is 34.8 Å². The Morgan fingerprint density at radius 3 is 2.46 bits per heavy atom. The monoisotopic (exact) mass is 530 g/mol. The maximum absolute atomic E-state index is 16.3. The van der Waals surface area contributed by atoms with Gasteiger partial charge in [0.05, 0.1) is 22.7 Å². The zero-order chi connectivity index (χ0) is 27.4. The second-order valence-electron chi connectivity index (χ2n) is 10.6. The zero-order valence-corrected chi connectivity index (χ0v) is 21.1. The number of nitrogens with zero attached hydrogens (tertiary/aromatic N) is 2. The summed E-state index contributed by atoms with van der Waals surface area (Å²) in [4.78, 5) is 19.5. The second-order valence-corrected chi connectivity index (χ2v) is 10.6. The number of aromatic nitrogens is 2. The van der Waals surface area contributed by atoms with Crippen LogP contribution in [0.1, 0.15) is 36.8 Å². The molecule has 4 aromatic rings. The topological polar surface area (TPSA) is 102 Å². The molecule has 3 fully saturated rings. The number of benzene rings is 2. The van der Waals surface area contributed by atoms with Crippen LogP contribution in [0, 0.1) is 53.5 Å². The summed E-state index contributed by atoms with van der Waals surface area (Å²) in [5, 5.41) is 23.5. The normalized spacial score (nSPS) is 22.1. The Morgan fingerprint density at radius 1 is 1.10 bits per heavy atom. The van der Waals surface area contributed by atoms with E-state index in [1.54, 1.807) is 24.3 Å². The van der Waals surface area contributed by atoms with E-state index in [9.17, 15) is 23.9 Å². The summed E-state index contributed by atoms with van der Waals surface area (Å²) in [5.74, 6) is -4.18. The number of carboxylic acid groups (broad SMARTS) is 1. The number of pyridine rings is 1. The number of carbonyl (C=O) groups is 1. The molecule has 2 bridgehead atoms. The molecule has 2 heterocycles. The molecule has 2 aromatic heterocycles. The van der Waals surface area contributed by atoms with E-state index in [1.807, 2.05) is 6.92 Å². The van der Waals surface area contributed by atoms with Gasteiger partial charge < -0.3 is 15.4 Å². The van der Waals surface area contributed by atoms with Crippen LogP contribution in [0.4, 0.5) is 19.0 Å². The number of hydrogen-bond donors (Lipinski definition) is 3. The van der Waals surface area contributed by atoms with Gasteiger partial charge in [-0.1, -0.05) is 29.8 Å². The molecule has 6 nitrogen and oxygen atoms in total. The van der Waals surface area contributed by atoms with Gasteiger partial charge in [0.15, 0.2) is 11.6 Å². The van der Waals surface area contributed by atoms with Gasteiger partial charge in [-0.3, -0.25) is 4.79 Å². The molecule has 7 rings (SSSR count). The average molecular weight is 531 g/mol. The molecule has 39 heavy (non-hydrogen) atoms. The van der Waals surface area contributed by atoms with Crippen molar-refractivity contribution in [3.8, 4) is 28.5 Å². The molecule has 3 saturated carbocycles. The van der Waals surface area contributed by atoms with Gasteiger partial charge in [-0.2, -0.15) is 5.26 Å². The molecular formula is C30H25F3N4O2. The lowest BCUT2D eigenvalue weighted by molar-refractivity contribution is -0.148. The molecule has 3 aliphatic carbocycles. The molecular weight excluding hydrogens is 505 g/mol. The average Bonchev–Trinajstić information content (AvgIpc) is 3.34. The first-order valence-electron chi connectivity index (χ1n) is 12.9. The summed E-state index contributed by atoms with van der Waals surface area (Å²) in [6.45, 7) is 1.88. The number of aliphatic carboxylic acids is 1. The van der Waals surface area contributed by atoms with E-state index in [0.29, 0.717) is 5.56 Å². The Bertz CT molecular complexity index is 1650. The van der Waals surface area contributed by atoms with Gasteiger partial charge in [0.2, 0.25) is 0 Å². The maximum Gasteiger partial charge on any atom is 0.308 e. The molecule has 0 amide bonds. The minimum atomic E-state index is -0.933. The lowest BCUT2D eigenvalue weighted by Crippen LogP contribution is -2.51. The highest BCUT2D eigenvalue weighted by molar-refractivity contribution is 5.98. The molecule has 0 spiro atoms. The Balaban J connectivity index is 1.59. The van der Waals surface area contributed by atoms with E-state index in [2.05, 4.69) is 21.4 Å². The van der Waals surface area contributed by atoms with E-state index >= 15 is 4.39 Å². The molecule has 198 valence electrons. The molecule has 9 heteroatoms. The smallest absolute Gasteiger partial charge is 0.308 e. The van der Waals surface area contributed by atoms with E-state index in [1.165, 1.54) is 6.20 Å². The highest BCUT2D eigenvalue weighted by Gasteiger charge is 2.47. The highest BCUT2D eigenvalue weighted by Crippen LogP contribution is 2.47. The Labute approximate surface area is 222 Å². The fraction of sp³-hybridized carbons (Fsp3) is 0.300. The van der Waals surface area contributed by atoms with Gasteiger partial charge in [0.1, 0.15) is 17.7 Å². The number of H-pyrrole nitrogens is 1. The number of halogens is 3. The van der Waals surface area contributed by atoms with E-state index in [0.717, 1.165) is 43.4 Å². The van der Waals surface area contributed by atoms with Crippen LogP contribution in [-0.2, 0) is 4.79 Å². The fourth-order valence-electron chi connectivity index (χ4n) is 6.48. The van der Waals surface area contributed by atoms with Crippen molar-refractivity contribution in [3.63, 3.8) is 0 Å². The van der Waals surface area contributed by atoms with Crippen LogP contribution in [0.5, 0.6) is 0 Å². The summed E-state index contributed by atoms with van der Waals surface area (Å²) in [6.07, 6.45) is 4.72. The van der Waals surface area contributed by atoms with Gasteiger partial charge in [-0.15, -0.1) is 0 Å². The van der Waals surface area contributed by atoms with Crippen molar-refractivity contribution in [2.75, 3.05) is 5.32 Å². The summed E-state index contributed by atoms with van der Waals surface area (Å²) >= 11 is 0. The molecule has 2 aromatic carbocycles. The minimum Gasteiger partial charge on any atom is -0.481 e. The number of nitrogens with one attached hydrogen (secondary N) is 2. The van der Waals surface area contributed by atoms with E-state index in [-0.39, 0.29) is 50.9 Å². The number of aryl methyl sites for hydroxylation is 1. The quantitative estimate of drug-likeness (QED) is 0.264. The second kappa shape index (κ2) is 9.45. The van der Waals surface area contributed by atoms with Crippen molar-refractivity contribution in [2.45, 2.75) is 38.6 Å². The number of aromatic amines is 1. The summed E-state index contributed by atoms with van der Waals surface area (Å²) in [5.41, 5.74) is 1.58. The number of hydrogen-bond acceptors (Lipinski definition) is 4. The van der Waals surface area contributed by atoms with Crippen molar-refractivity contribution < 1.29 is 23.1 Å². The Hall–Kier alpha value is -4.32. The number of rotatable bonds is 5. The lowest BCUT2D eigenvalue weighted by atomic mass is 9.61. The molecule has 3 N–H and O–H groups in total. The summed E-state index contributed by atoms with van der Waals surface area (Å²) < 4.78 is 45.1. The first kappa shape index (κ1) is 25.0. The van der Waals surface area contributed by atoms with Crippen molar-refractivity contribution >= 4 is 22.7 Å². The van der Waals surface area contributed by atoms with Gasteiger partial charge in [-0.05, 0) is 56.1 Å². The van der Waals surface area contributed by atoms with Gasteiger partial charge in [-0.25, -0.2) is 18.2 Å². The van der Waals surface area contributed by atoms with Crippen LogP contribution in [0.25, 0.3) is 33.3 Å². The number of anilines is 1. The zero-order valence-electron chi connectivity index (χ0n) is 21.1. The van der Waals surface area contributed by atoms with Crippen LogP contribution in [-0.4, -0.2) is 27.1 Å². The third-order valence-electron chi connectivity index (χ3n) is 8.36. The standard InChI is InChI=1S/C30H25F3N4O2/c1-14-2-4-15(5-3-14)23-20(12-34)27(21-13-35-28-19(21)10-18(31)11-22(28)32)37-29(25(23)33)36-26-17-8-6-16(7-9-17)24(26)30(38)39/h2-5,10-11,13,16-17,24,26,35H,6-9H2,1H3,(H,36,37)(H,38,39). The highest BCUT2D eigenvalue weighted by atomic mass is 19.1. The lowest BCUT2D eigenvalue weighted by Gasteiger charge is -2.47. The van der Waals surface area contributed by atoms with Crippen molar-refractivity contribution in [2.24, 2.45) is 17.8 Å². The van der Waals surface area contributed by atoms with E-state index < -0.39 is 35.4 Å². The maximum atomic E-state index is 16.3. The van der Waals surface area contributed by atoms with Crippen LogP contribution in [0.15, 0.2) is 42.6 Å². The fourth-order valence-corrected chi connectivity index (χ4v) is 6.48. The number of nitriles is 1. The van der Waals surface area contributed by atoms with Crippen LogP contribution < -0.4 is 5.32 Å². The predicted molar refractivity (Wildman–Crippen MR) is 140 cm³/mol. The van der Waals surface area contributed by atoms with E-state index in [4.69, 9.17) is 0 Å². The molecule has 3 aliphatic rings. The molecule has 2 atom stereocenters. The molecule has 0 aliphatic heterocycles. The Kier molecular flexibility index (Phi) is 6.06. The first-order valence-corrected chi connectivity index (χ1v) is 12.9. The summed E-state index contributed by atoms with van der Waals surface area (Å²) in [6, 6.07) is 10.4. The third kappa shape index (κ3) is 4.11. The van der Waals surface area contributed by atoms with Crippen molar-refractivity contribution in [3.05, 3.63) is 71.2 Å². The van der Waals surface area contributed by atoms with Crippen LogP contribution in [0.2, 0.25) is 0 Å². The van der Waals surface area contributed by atoms with Crippen LogP contribution >= 0.6 is 0 Å². The molecule has 0 radical (unpaired) electrons. The third-order valence-corrected chi connectivity index (χ3v) is 8.36. The SMILES string of the molecule is Cc1ccc(-c2c(F)c(NC3C4CCC(CC4)C3C(=O)O)nc(-c3c[nH]c4c(F)cc(F)cc34)c2C#N)cc1.